The summed E-state index contributed by atoms with van der Waals surface area (Å²) < 4.78 is 52.8. The van der Waals surface area contributed by atoms with Gasteiger partial charge in [0.25, 0.3) is 0 Å². The van der Waals surface area contributed by atoms with Crippen LogP contribution in [0.2, 0.25) is 5.02 Å². The molecule has 3 saturated heterocycles. The number of halogens is 2. The van der Waals surface area contributed by atoms with Crippen LogP contribution in [0.4, 0.5) is 20.6 Å². The molecule has 4 amide bonds. The molecule has 3 aliphatic rings. The molecule has 3 fully saturated rings. The van der Waals surface area contributed by atoms with Crippen LogP contribution in [0.15, 0.2) is 65.5 Å². The van der Waals surface area contributed by atoms with E-state index in [-0.39, 0.29) is 64.3 Å². The van der Waals surface area contributed by atoms with Gasteiger partial charge in [0, 0.05) is 50.4 Å². The summed E-state index contributed by atoms with van der Waals surface area (Å²) in [4.78, 5) is 75.8. The van der Waals surface area contributed by atoms with E-state index in [0.29, 0.717) is 71.5 Å². The average molecular weight is 995 g/mol. The van der Waals surface area contributed by atoms with Gasteiger partial charge in [-0.3, -0.25) is 24.0 Å². The number of hydrogen-bond donors (Lipinski definition) is 5. The molecule has 5 N–H and O–H groups in total. The number of carbonyl (C=O) groups is 5. The number of aryl methyl sites for hydroxylation is 1. The van der Waals surface area contributed by atoms with Gasteiger partial charge in [-0.2, -0.15) is 4.31 Å². The highest BCUT2D eigenvalue weighted by Gasteiger charge is 2.42. The number of imidazole rings is 1. The summed E-state index contributed by atoms with van der Waals surface area (Å²) in [6, 6.07) is 15.1. The minimum Gasteiger partial charge on any atom is -0.479 e. The third-order valence-corrected chi connectivity index (χ3v) is 16.5. The fourth-order valence-electron chi connectivity index (χ4n) is 9.51. The highest BCUT2D eigenvalue weighted by molar-refractivity contribution is 7.88. The molecule has 0 bridgehead atoms. The third-order valence-electron chi connectivity index (χ3n) is 12.8. The van der Waals surface area contributed by atoms with E-state index in [1.807, 2.05) is 32.0 Å². The summed E-state index contributed by atoms with van der Waals surface area (Å²) in [5, 5.41) is 27.1. The maximum absolute atomic E-state index is 15.2. The molecular formula is C46H49ClFN7O11S2. The summed E-state index contributed by atoms with van der Waals surface area (Å²) in [6.45, 7) is 3.78. The molecule has 0 saturated carbocycles. The molecule has 3 aliphatic heterocycles. The van der Waals surface area contributed by atoms with Crippen LogP contribution in [0.3, 0.4) is 0 Å². The summed E-state index contributed by atoms with van der Waals surface area (Å²) in [7, 11) is -2.31. The van der Waals surface area contributed by atoms with Crippen LogP contribution in [0.1, 0.15) is 85.1 Å². The van der Waals surface area contributed by atoms with Crippen molar-refractivity contribution in [2.45, 2.75) is 81.7 Å². The van der Waals surface area contributed by atoms with E-state index in [2.05, 4.69) is 16.0 Å². The van der Waals surface area contributed by atoms with Gasteiger partial charge in [-0.05, 0) is 105 Å². The third kappa shape index (κ3) is 9.83. The van der Waals surface area contributed by atoms with E-state index < -0.39 is 63.7 Å². The number of hydrogen-bond acceptors (Lipinski definition) is 11. The Morgan fingerprint density at radius 2 is 1.72 bits per heavy atom. The van der Waals surface area contributed by atoms with Crippen LogP contribution in [0.25, 0.3) is 21.5 Å². The number of sulfonamides is 1. The first-order valence-electron chi connectivity index (χ1n) is 21.9. The SMILES string of the molecule is Cn1c(=O)n(C2CCC(=O)NC2=O)c2ccc(C3CCN(C(=O)Nc4cc(CS(=O)(=O)N5CC[C@@H](Nc6cccc(-c7sc(C(=O)O)c(OCC(=O)O)c7Cl)c6)CC5(C)C)ccc4F)CC3)cc21. The van der Waals surface area contributed by atoms with Gasteiger partial charge in [-0.15, -0.1) is 11.3 Å². The van der Waals surface area contributed by atoms with Gasteiger partial charge in [-0.25, -0.2) is 32.0 Å². The minimum atomic E-state index is -3.95. The van der Waals surface area contributed by atoms with Crippen LogP contribution in [0.5, 0.6) is 5.75 Å². The van der Waals surface area contributed by atoms with Crippen molar-refractivity contribution in [2.24, 2.45) is 7.05 Å². The number of carboxylic acid groups (broad SMARTS) is 2. The van der Waals surface area contributed by atoms with Gasteiger partial charge >= 0.3 is 23.7 Å². The number of piperidine rings is 3. The quantitative estimate of drug-likeness (QED) is 0.0785. The molecule has 22 heteroatoms. The summed E-state index contributed by atoms with van der Waals surface area (Å²) in [6.07, 6.45) is 2.40. The number of aromatic nitrogens is 2. The van der Waals surface area contributed by atoms with Crippen molar-refractivity contribution in [3.63, 3.8) is 0 Å². The Labute approximate surface area is 398 Å². The Morgan fingerprint density at radius 1 is 0.971 bits per heavy atom. The van der Waals surface area contributed by atoms with E-state index in [9.17, 15) is 42.3 Å². The van der Waals surface area contributed by atoms with Crippen molar-refractivity contribution < 1.29 is 51.7 Å². The monoisotopic (exact) mass is 993 g/mol. The normalized spacial score (nSPS) is 19.2. The molecular weight excluding hydrogens is 945 g/mol. The van der Waals surface area contributed by atoms with Gasteiger partial charge in [-0.1, -0.05) is 35.9 Å². The number of nitrogens with one attached hydrogen (secondary N) is 3. The van der Waals surface area contributed by atoms with Gasteiger partial charge in [0.15, 0.2) is 17.2 Å². The van der Waals surface area contributed by atoms with Crippen molar-refractivity contribution >= 4 is 85.2 Å². The molecule has 5 heterocycles. The first kappa shape index (κ1) is 48.2. The van der Waals surface area contributed by atoms with E-state index in [0.717, 1.165) is 23.0 Å². The molecule has 0 radical (unpaired) electrons. The number of ether oxygens (including phenoxy) is 1. The molecule has 2 aromatic heterocycles. The number of fused-ring (bicyclic) bond motifs is 1. The first-order valence-corrected chi connectivity index (χ1v) is 24.7. The molecule has 5 aromatic rings. The molecule has 2 atom stereocenters. The van der Waals surface area contributed by atoms with Crippen molar-refractivity contribution in [1.82, 2.24) is 23.7 Å². The fraction of sp³-hybridized carbons (Fsp3) is 0.391. The number of urea groups is 1. The fourth-order valence-corrected chi connectivity index (χ4v) is 12.9. The molecule has 3 aromatic carbocycles. The number of amides is 4. The summed E-state index contributed by atoms with van der Waals surface area (Å²) >= 11 is 7.37. The Kier molecular flexibility index (Phi) is 13.5. The van der Waals surface area contributed by atoms with Crippen molar-refractivity contribution in [3.05, 3.63) is 98.0 Å². The van der Waals surface area contributed by atoms with E-state index in [1.54, 1.807) is 36.2 Å². The second-order valence-electron chi connectivity index (χ2n) is 17.9. The maximum Gasteiger partial charge on any atom is 0.349 e. The van der Waals surface area contributed by atoms with Crippen LogP contribution in [-0.4, -0.2) is 105 Å². The number of benzene rings is 3. The molecule has 0 spiro atoms. The Morgan fingerprint density at radius 3 is 2.41 bits per heavy atom. The molecule has 360 valence electrons. The number of likely N-dealkylation sites (tertiary alicyclic amines) is 1. The Hall–Kier alpha value is -6.29. The van der Waals surface area contributed by atoms with Gasteiger partial charge < -0.3 is 30.5 Å². The molecule has 18 nitrogen and oxygen atoms in total. The van der Waals surface area contributed by atoms with Crippen molar-refractivity contribution in [3.8, 4) is 16.2 Å². The Bertz CT molecular complexity index is 3030. The van der Waals surface area contributed by atoms with Crippen LogP contribution in [0, 0.1) is 5.82 Å². The summed E-state index contributed by atoms with van der Waals surface area (Å²) in [5.41, 5.74) is 2.37. The van der Waals surface area contributed by atoms with Crippen molar-refractivity contribution in [1.29, 1.82) is 0 Å². The predicted octanol–water partition coefficient (Wildman–Crippen LogP) is 6.60. The molecule has 68 heavy (non-hydrogen) atoms. The summed E-state index contributed by atoms with van der Waals surface area (Å²) in [5.74, 6) is -4.81. The van der Waals surface area contributed by atoms with Crippen LogP contribution < -0.4 is 26.4 Å². The van der Waals surface area contributed by atoms with E-state index in [1.165, 1.54) is 25.6 Å². The molecule has 1 unspecified atom stereocenters. The lowest BCUT2D eigenvalue weighted by Crippen LogP contribution is -2.55. The number of anilines is 2. The number of aliphatic carboxylic acids is 1. The number of aromatic carboxylic acids is 1. The van der Waals surface area contributed by atoms with Crippen LogP contribution >= 0.6 is 22.9 Å². The number of nitrogens with zero attached hydrogens (tertiary/aromatic N) is 4. The first-order chi connectivity index (χ1) is 32.2. The lowest BCUT2D eigenvalue weighted by Gasteiger charge is -2.45. The lowest BCUT2D eigenvalue weighted by atomic mass is 9.89. The number of imide groups is 1. The van der Waals surface area contributed by atoms with Gasteiger partial charge in [0.1, 0.15) is 16.9 Å². The number of thiophene rings is 1. The number of carbonyl (C=O) groups excluding carboxylic acids is 3. The topological polar surface area (TPSA) is 239 Å². The largest absolute Gasteiger partial charge is 0.479 e. The lowest BCUT2D eigenvalue weighted by molar-refractivity contribution is -0.139. The maximum atomic E-state index is 15.2. The number of rotatable bonds is 13. The number of carboxylic acids is 2. The zero-order chi connectivity index (χ0) is 48.8. The van der Waals surface area contributed by atoms with Crippen LogP contribution in [-0.2, 0) is 37.2 Å². The van der Waals surface area contributed by atoms with Gasteiger partial charge in [0.05, 0.1) is 27.4 Å². The predicted molar refractivity (Wildman–Crippen MR) is 252 cm³/mol. The second kappa shape index (κ2) is 19.0. The zero-order valence-corrected chi connectivity index (χ0v) is 39.6. The minimum absolute atomic E-state index is 0.0241. The molecule has 8 rings (SSSR count). The zero-order valence-electron chi connectivity index (χ0n) is 37.2. The smallest absolute Gasteiger partial charge is 0.349 e. The Balaban J connectivity index is 0.873. The van der Waals surface area contributed by atoms with E-state index in [4.69, 9.17) is 21.4 Å². The molecule has 0 aliphatic carbocycles. The van der Waals surface area contributed by atoms with Crippen molar-refractivity contribution in [2.75, 3.05) is 36.9 Å². The highest BCUT2D eigenvalue weighted by atomic mass is 35.5. The standard InChI is InChI=1S/C46H49ClFN7O11S2/c1-46(2)22-30(49-29-6-4-5-28(20-29)40-38(47)39(66-23-37(57)58)41(67-40)43(60)61)15-18-54(46)68(64,65)24-25-7-9-31(48)32(19-25)50-44(62)53-16-13-26(14-17-53)27-8-10-33-35(21-27)52(3)45(63)55(33)34-11-12-36(56)51-42(34)59/h4-10,19-21,26,30,34,49H,11-18,22-24H2,1-3H3,(H,50,62)(H,57,58)(H,60,61)(H,51,56,59)/t30-,34?/m1/s1. The highest BCUT2D eigenvalue weighted by Crippen LogP contribution is 2.46. The average Bonchev–Trinajstić information content (AvgIpc) is 3.74. The van der Waals surface area contributed by atoms with Gasteiger partial charge in [0.2, 0.25) is 21.8 Å². The second-order valence-corrected chi connectivity index (χ2v) is 21.2. The van der Waals surface area contributed by atoms with E-state index >= 15 is 4.39 Å².